The van der Waals surface area contributed by atoms with Crippen molar-refractivity contribution in [2.75, 3.05) is 18.5 Å². The summed E-state index contributed by atoms with van der Waals surface area (Å²) in [6.07, 6.45) is 0. The van der Waals surface area contributed by atoms with Crippen molar-refractivity contribution in [3.05, 3.63) is 70.6 Å². The Labute approximate surface area is 167 Å². The van der Waals surface area contributed by atoms with E-state index in [-0.39, 0.29) is 0 Å². The van der Waals surface area contributed by atoms with Gasteiger partial charge in [-0.25, -0.2) is 4.98 Å². The molecule has 7 heteroatoms. The minimum atomic E-state index is -1.07. The van der Waals surface area contributed by atoms with Crippen LogP contribution in [0.3, 0.4) is 0 Å². The molecule has 6 nitrogen and oxygen atoms in total. The zero-order chi connectivity index (χ0) is 20.1. The first kappa shape index (κ1) is 19.6. The molecule has 0 bridgehead atoms. The topological polar surface area (TPSA) is 82.5 Å². The molecule has 28 heavy (non-hydrogen) atoms. The molecule has 2 aromatic carbocycles. The van der Waals surface area contributed by atoms with Crippen molar-refractivity contribution in [2.45, 2.75) is 13.5 Å². The van der Waals surface area contributed by atoms with E-state index in [1.807, 2.05) is 24.6 Å². The molecule has 2 N–H and O–H groups in total. The van der Waals surface area contributed by atoms with Crippen LogP contribution in [0.1, 0.15) is 21.5 Å². The van der Waals surface area contributed by atoms with E-state index >= 15 is 0 Å². The quantitative estimate of drug-likeness (QED) is 0.639. The van der Waals surface area contributed by atoms with Crippen LogP contribution in [0.2, 0.25) is 0 Å². The predicted molar refractivity (Wildman–Crippen MR) is 111 cm³/mol. The van der Waals surface area contributed by atoms with E-state index in [1.165, 1.54) is 5.56 Å². The number of rotatable bonds is 7. The summed E-state index contributed by atoms with van der Waals surface area (Å²) < 4.78 is 0. The molecule has 1 heterocycles. The first-order valence-corrected chi connectivity index (χ1v) is 9.63. The molecular formula is C21H21N3O3S. The van der Waals surface area contributed by atoms with Crippen LogP contribution < -0.4 is 10.2 Å². The summed E-state index contributed by atoms with van der Waals surface area (Å²) in [5.74, 6) is -1.47. The summed E-state index contributed by atoms with van der Waals surface area (Å²) >= 11 is 1.59. The second-order valence-corrected chi connectivity index (χ2v) is 7.35. The highest BCUT2D eigenvalue weighted by atomic mass is 32.1. The van der Waals surface area contributed by atoms with Crippen molar-refractivity contribution in [3.63, 3.8) is 0 Å². The van der Waals surface area contributed by atoms with Gasteiger partial charge in [-0.2, -0.15) is 0 Å². The second-order valence-electron chi connectivity index (χ2n) is 6.51. The molecule has 1 aromatic heterocycles. The van der Waals surface area contributed by atoms with Gasteiger partial charge in [0.05, 0.1) is 5.69 Å². The number of hydrogen-bond donors (Lipinski definition) is 2. The Morgan fingerprint density at radius 3 is 2.43 bits per heavy atom. The number of amides is 1. The van der Waals surface area contributed by atoms with Crippen molar-refractivity contribution >= 4 is 28.3 Å². The van der Waals surface area contributed by atoms with Crippen LogP contribution in [0, 0.1) is 6.92 Å². The van der Waals surface area contributed by atoms with Crippen LogP contribution in [-0.4, -0.2) is 35.6 Å². The van der Waals surface area contributed by atoms with Gasteiger partial charge in [0.1, 0.15) is 6.54 Å². The number of benzene rings is 2. The number of nitrogens with zero attached hydrogens (tertiary/aromatic N) is 2. The molecule has 3 aromatic rings. The zero-order valence-electron chi connectivity index (χ0n) is 15.7. The average Bonchev–Trinajstić information content (AvgIpc) is 3.17. The number of nitrogens with one attached hydrogen (secondary N) is 1. The van der Waals surface area contributed by atoms with Gasteiger partial charge in [0.2, 0.25) is 0 Å². The third-order valence-electron chi connectivity index (χ3n) is 4.20. The average molecular weight is 395 g/mol. The van der Waals surface area contributed by atoms with E-state index in [1.54, 1.807) is 23.5 Å². The molecule has 3 rings (SSSR count). The number of anilines is 1. The highest BCUT2D eigenvalue weighted by Crippen LogP contribution is 2.27. The maximum absolute atomic E-state index is 11.9. The van der Waals surface area contributed by atoms with Crippen LogP contribution in [0.25, 0.3) is 11.3 Å². The highest BCUT2D eigenvalue weighted by Gasteiger charge is 2.11. The molecule has 0 atom stereocenters. The lowest BCUT2D eigenvalue weighted by atomic mass is 10.1. The molecule has 0 saturated carbocycles. The number of hydrogen-bond acceptors (Lipinski definition) is 5. The second kappa shape index (κ2) is 8.67. The number of thiazole rings is 1. The lowest BCUT2D eigenvalue weighted by molar-refractivity contribution is -0.135. The monoisotopic (exact) mass is 395 g/mol. The van der Waals surface area contributed by atoms with E-state index in [9.17, 15) is 9.59 Å². The van der Waals surface area contributed by atoms with Gasteiger partial charge in [0.25, 0.3) is 5.91 Å². The Balaban J connectivity index is 1.63. The lowest BCUT2D eigenvalue weighted by Crippen LogP contribution is -2.29. The number of carboxylic acids is 1. The van der Waals surface area contributed by atoms with Crippen LogP contribution in [0.4, 0.5) is 5.13 Å². The lowest BCUT2D eigenvalue weighted by Gasteiger charge is -2.16. The van der Waals surface area contributed by atoms with Crippen molar-refractivity contribution < 1.29 is 14.7 Å². The van der Waals surface area contributed by atoms with Gasteiger partial charge in [-0.1, -0.05) is 42.0 Å². The standard InChI is InChI=1S/C21H21N3O3S/c1-14-3-7-16(8-4-14)18-13-28-21(23-18)24(2)12-15-5-9-17(10-6-15)20(27)22-11-19(25)26/h3-10,13H,11-12H2,1-2H3,(H,22,27)(H,25,26). The predicted octanol–water partition coefficient (Wildman–Crippen LogP) is 3.57. The Morgan fingerprint density at radius 2 is 1.79 bits per heavy atom. The highest BCUT2D eigenvalue weighted by molar-refractivity contribution is 7.14. The normalized spacial score (nSPS) is 10.5. The first-order chi connectivity index (χ1) is 13.4. The van der Waals surface area contributed by atoms with Gasteiger partial charge in [-0.15, -0.1) is 11.3 Å². The SMILES string of the molecule is Cc1ccc(-c2csc(N(C)Cc3ccc(C(=O)NCC(=O)O)cc3)n2)cc1. The third kappa shape index (κ3) is 4.95. The molecule has 0 spiro atoms. The van der Waals surface area contributed by atoms with Crippen LogP contribution in [-0.2, 0) is 11.3 Å². The largest absolute Gasteiger partial charge is 0.480 e. The molecule has 0 fully saturated rings. The molecule has 0 aliphatic rings. The summed E-state index contributed by atoms with van der Waals surface area (Å²) in [5.41, 5.74) is 4.74. The molecule has 1 amide bonds. The molecule has 144 valence electrons. The molecule has 0 unspecified atom stereocenters. The third-order valence-corrected chi connectivity index (χ3v) is 5.16. The van der Waals surface area contributed by atoms with Crippen LogP contribution >= 0.6 is 11.3 Å². The van der Waals surface area contributed by atoms with Crippen molar-refractivity contribution in [2.24, 2.45) is 0 Å². The summed E-state index contributed by atoms with van der Waals surface area (Å²) in [4.78, 5) is 29.2. The summed E-state index contributed by atoms with van der Waals surface area (Å²) in [6.45, 7) is 2.32. The molecule has 0 aliphatic carbocycles. The van der Waals surface area contributed by atoms with Gasteiger partial charge in [-0.05, 0) is 24.6 Å². The van der Waals surface area contributed by atoms with Crippen LogP contribution in [0.5, 0.6) is 0 Å². The van der Waals surface area contributed by atoms with Gasteiger partial charge >= 0.3 is 5.97 Å². The van der Waals surface area contributed by atoms with E-state index in [2.05, 4.69) is 41.4 Å². The van der Waals surface area contributed by atoms with E-state index in [0.29, 0.717) is 12.1 Å². The van der Waals surface area contributed by atoms with Gasteiger partial charge in [-0.3, -0.25) is 9.59 Å². The Morgan fingerprint density at radius 1 is 1.11 bits per heavy atom. The minimum absolute atomic E-state index is 0.392. The Hall–Kier alpha value is -3.19. The minimum Gasteiger partial charge on any atom is -0.480 e. The first-order valence-electron chi connectivity index (χ1n) is 8.75. The smallest absolute Gasteiger partial charge is 0.322 e. The fourth-order valence-electron chi connectivity index (χ4n) is 2.66. The summed E-state index contributed by atoms with van der Waals surface area (Å²) in [7, 11) is 1.98. The molecule has 0 radical (unpaired) electrons. The summed E-state index contributed by atoms with van der Waals surface area (Å²) in [5, 5.41) is 13.9. The van der Waals surface area contributed by atoms with Crippen molar-refractivity contribution in [1.29, 1.82) is 0 Å². The number of aliphatic carboxylic acids is 1. The molecular weight excluding hydrogens is 374 g/mol. The Bertz CT molecular complexity index is 965. The van der Waals surface area contributed by atoms with Crippen LogP contribution in [0.15, 0.2) is 53.9 Å². The van der Waals surface area contributed by atoms with E-state index < -0.39 is 18.4 Å². The number of carbonyl (C=O) groups excluding carboxylic acids is 1. The number of carbonyl (C=O) groups is 2. The maximum atomic E-state index is 11.9. The maximum Gasteiger partial charge on any atom is 0.322 e. The zero-order valence-corrected chi connectivity index (χ0v) is 16.5. The molecule has 0 aliphatic heterocycles. The number of aryl methyl sites for hydroxylation is 1. The van der Waals surface area contributed by atoms with Gasteiger partial charge < -0.3 is 15.3 Å². The van der Waals surface area contributed by atoms with E-state index in [0.717, 1.165) is 22.0 Å². The molecule has 0 saturated heterocycles. The van der Waals surface area contributed by atoms with Gasteiger partial charge in [0, 0.05) is 30.1 Å². The number of aromatic nitrogens is 1. The van der Waals surface area contributed by atoms with E-state index in [4.69, 9.17) is 10.1 Å². The summed E-state index contributed by atoms with van der Waals surface area (Å²) in [6, 6.07) is 15.4. The number of carboxylic acid groups (broad SMARTS) is 1. The van der Waals surface area contributed by atoms with Crippen molar-refractivity contribution in [1.82, 2.24) is 10.3 Å². The fourth-order valence-corrected chi connectivity index (χ4v) is 3.46. The van der Waals surface area contributed by atoms with Crippen molar-refractivity contribution in [3.8, 4) is 11.3 Å². The Kier molecular flexibility index (Phi) is 6.06. The van der Waals surface area contributed by atoms with Gasteiger partial charge in [0.15, 0.2) is 5.13 Å². The fraction of sp³-hybridized carbons (Fsp3) is 0.190.